The number of rotatable bonds is 9. The SMILES string of the molecule is CCCCCN(C)CCC(O)([PH](=O)O)[PH](=O)O. The second-order valence-electron chi connectivity index (χ2n) is 4.23. The molecule has 0 aliphatic carbocycles. The third-order valence-corrected chi connectivity index (χ3v) is 5.90. The zero-order chi connectivity index (χ0) is 13.5. The Morgan fingerprint density at radius 1 is 1.12 bits per heavy atom. The van der Waals surface area contributed by atoms with Crippen LogP contribution in [0.1, 0.15) is 32.6 Å². The van der Waals surface area contributed by atoms with Crippen LogP contribution in [0.2, 0.25) is 0 Å². The van der Waals surface area contributed by atoms with Crippen LogP contribution >= 0.6 is 16.1 Å². The van der Waals surface area contributed by atoms with Crippen LogP contribution in [-0.4, -0.2) is 45.0 Å². The number of nitrogens with zero attached hydrogens (tertiary/aromatic N) is 1. The van der Waals surface area contributed by atoms with Gasteiger partial charge in [0, 0.05) is 13.0 Å². The lowest BCUT2D eigenvalue weighted by molar-refractivity contribution is 0.155. The summed E-state index contributed by atoms with van der Waals surface area (Å²) in [7, 11) is -5.04. The summed E-state index contributed by atoms with van der Waals surface area (Å²) in [5.74, 6) is 0. The minimum Gasteiger partial charge on any atom is -0.371 e. The van der Waals surface area contributed by atoms with Gasteiger partial charge in [-0.2, -0.15) is 0 Å². The fourth-order valence-electron chi connectivity index (χ4n) is 1.40. The lowest BCUT2D eigenvalue weighted by atomic mass is 10.2. The highest BCUT2D eigenvalue weighted by atomic mass is 31.2. The molecule has 0 radical (unpaired) electrons. The van der Waals surface area contributed by atoms with E-state index in [1.54, 1.807) is 0 Å². The average Bonchev–Trinajstić information content (AvgIpc) is 2.25. The smallest absolute Gasteiger partial charge is 0.229 e. The van der Waals surface area contributed by atoms with Crippen molar-refractivity contribution in [1.29, 1.82) is 0 Å². The first-order chi connectivity index (χ1) is 7.84. The fraction of sp³-hybridized carbons (Fsp3) is 1.00. The number of aliphatic hydroxyl groups is 1. The van der Waals surface area contributed by atoms with Gasteiger partial charge in [0.25, 0.3) is 0 Å². The van der Waals surface area contributed by atoms with E-state index >= 15 is 0 Å². The molecule has 0 spiro atoms. The maximum atomic E-state index is 10.9. The van der Waals surface area contributed by atoms with Crippen molar-refractivity contribution in [2.45, 2.75) is 37.7 Å². The van der Waals surface area contributed by atoms with Crippen LogP contribution in [0.5, 0.6) is 0 Å². The summed E-state index contributed by atoms with van der Waals surface area (Å²) in [6.07, 6.45) is 3.06. The van der Waals surface area contributed by atoms with Gasteiger partial charge in [0.1, 0.15) is 0 Å². The Morgan fingerprint density at radius 3 is 2.06 bits per heavy atom. The van der Waals surface area contributed by atoms with E-state index in [2.05, 4.69) is 6.92 Å². The average molecular weight is 287 g/mol. The highest BCUT2D eigenvalue weighted by Crippen LogP contribution is 2.51. The molecular formula is C9H23NO5P2. The summed E-state index contributed by atoms with van der Waals surface area (Å²) in [5, 5.41) is 7.31. The lowest BCUT2D eigenvalue weighted by Crippen LogP contribution is -2.29. The van der Waals surface area contributed by atoms with Crippen LogP contribution in [-0.2, 0) is 9.13 Å². The molecule has 6 nitrogen and oxygen atoms in total. The molecule has 8 heteroatoms. The zero-order valence-corrected chi connectivity index (χ0v) is 12.3. The molecule has 0 amide bonds. The number of hydrogen-bond donors (Lipinski definition) is 3. The van der Waals surface area contributed by atoms with E-state index < -0.39 is 21.1 Å². The van der Waals surface area contributed by atoms with Crippen molar-refractivity contribution in [2.75, 3.05) is 20.1 Å². The van der Waals surface area contributed by atoms with Crippen LogP contribution in [0.25, 0.3) is 0 Å². The van der Waals surface area contributed by atoms with Crippen molar-refractivity contribution >= 4 is 16.1 Å². The van der Waals surface area contributed by atoms with Gasteiger partial charge in [-0.1, -0.05) is 19.8 Å². The van der Waals surface area contributed by atoms with Crippen molar-refractivity contribution in [3.63, 3.8) is 0 Å². The molecule has 2 atom stereocenters. The Bertz CT molecular complexity index is 260. The molecule has 3 N–H and O–H groups in total. The molecule has 0 heterocycles. The molecule has 0 saturated heterocycles. The molecule has 2 unspecified atom stereocenters. The molecular weight excluding hydrogens is 264 g/mol. The van der Waals surface area contributed by atoms with Crippen LogP contribution < -0.4 is 0 Å². The first kappa shape index (κ1) is 17.3. The van der Waals surface area contributed by atoms with Crippen LogP contribution in [0.3, 0.4) is 0 Å². The van der Waals surface area contributed by atoms with E-state index in [1.807, 2.05) is 11.9 Å². The lowest BCUT2D eigenvalue weighted by Gasteiger charge is -2.24. The summed E-state index contributed by atoms with van der Waals surface area (Å²) in [6.45, 7) is 3.23. The molecule has 0 aliphatic rings. The second-order valence-corrected chi connectivity index (χ2v) is 7.61. The first-order valence-electron chi connectivity index (χ1n) is 5.72. The van der Waals surface area contributed by atoms with Crippen LogP contribution in [0.4, 0.5) is 0 Å². The molecule has 104 valence electrons. The van der Waals surface area contributed by atoms with Gasteiger partial charge >= 0.3 is 0 Å². The zero-order valence-electron chi connectivity index (χ0n) is 10.3. The predicted octanol–water partition coefficient (Wildman–Crippen LogP) is 1.08. The van der Waals surface area contributed by atoms with Crippen LogP contribution in [0, 0.1) is 0 Å². The Morgan fingerprint density at radius 2 is 1.65 bits per heavy atom. The van der Waals surface area contributed by atoms with Crippen molar-refractivity contribution in [3.05, 3.63) is 0 Å². The molecule has 0 aliphatic heterocycles. The van der Waals surface area contributed by atoms with Crippen LogP contribution in [0.15, 0.2) is 0 Å². The summed E-state index contributed by atoms with van der Waals surface area (Å²) >= 11 is 0. The third kappa shape index (κ3) is 6.14. The monoisotopic (exact) mass is 287 g/mol. The third-order valence-electron chi connectivity index (χ3n) is 2.71. The minimum atomic E-state index is -3.43. The van der Waals surface area contributed by atoms with Gasteiger partial charge in [0.15, 0.2) is 0 Å². The highest BCUT2D eigenvalue weighted by Gasteiger charge is 2.38. The molecule has 0 aromatic carbocycles. The van der Waals surface area contributed by atoms with Gasteiger partial charge in [-0.3, -0.25) is 9.13 Å². The predicted molar refractivity (Wildman–Crippen MR) is 69.0 cm³/mol. The highest BCUT2D eigenvalue weighted by molar-refractivity contribution is 7.59. The summed E-state index contributed by atoms with van der Waals surface area (Å²) in [5.41, 5.74) is 0. The number of hydrogen-bond acceptors (Lipinski definition) is 4. The van der Waals surface area contributed by atoms with Gasteiger partial charge in [0.2, 0.25) is 21.1 Å². The fourth-order valence-corrected chi connectivity index (χ4v) is 2.78. The van der Waals surface area contributed by atoms with E-state index in [1.165, 1.54) is 0 Å². The van der Waals surface area contributed by atoms with Gasteiger partial charge in [0.05, 0.1) is 0 Å². The van der Waals surface area contributed by atoms with Crippen molar-refractivity contribution in [1.82, 2.24) is 4.90 Å². The molecule has 0 rings (SSSR count). The van der Waals surface area contributed by atoms with Crippen molar-refractivity contribution in [3.8, 4) is 0 Å². The van der Waals surface area contributed by atoms with E-state index in [4.69, 9.17) is 9.79 Å². The van der Waals surface area contributed by atoms with Gasteiger partial charge in [-0.15, -0.1) is 0 Å². The maximum Gasteiger partial charge on any atom is 0.229 e. The Balaban J connectivity index is 4.14. The van der Waals surface area contributed by atoms with Gasteiger partial charge < -0.3 is 19.8 Å². The Hall–Kier alpha value is 0.300. The molecule has 0 bridgehead atoms. The van der Waals surface area contributed by atoms with Gasteiger partial charge in [-0.05, 0) is 20.0 Å². The topological polar surface area (TPSA) is 98.1 Å². The summed E-state index contributed by atoms with van der Waals surface area (Å²) in [6, 6.07) is 0. The Kier molecular flexibility index (Phi) is 8.56. The van der Waals surface area contributed by atoms with Crippen molar-refractivity contribution in [2.24, 2.45) is 0 Å². The summed E-state index contributed by atoms with van der Waals surface area (Å²) < 4.78 is 21.8. The van der Waals surface area contributed by atoms with E-state index in [9.17, 15) is 14.2 Å². The normalized spacial score (nSPS) is 18.9. The van der Waals surface area contributed by atoms with E-state index in [0.29, 0.717) is 6.54 Å². The quantitative estimate of drug-likeness (QED) is 0.433. The molecule has 0 saturated carbocycles. The van der Waals surface area contributed by atoms with E-state index in [-0.39, 0.29) is 6.42 Å². The molecule has 0 aromatic heterocycles. The minimum absolute atomic E-state index is 0.155. The standard InChI is InChI=1S/C9H23NO5P2/c1-3-4-5-7-10(2)8-6-9(11,16(12)13)17(14)15/h11,16-17H,3-8H2,1-2H3,(H,12,13)(H,14,15). The van der Waals surface area contributed by atoms with Crippen molar-refractivity contribution < 1.29 is 24.0 Å². The first-order valence-corrected chi connectivity index (χ1v) is 8.43. The molecule has 0 fully saturated rings. The maximum absolute atomic E-state index is 10.9. The second kappa shape index (κ2) is 8.41. The van der Waals surface area contributed by atoms with Gasteiger partial charge in [-0.25, -0.2) is 0 Å². The Labute approximate surface area is 103 Å². The largest absolute Gasteiger partial charge is 0.371 e. The molecule has 0 aromatic rings. The van der Waals surface area contributed by atoms with E-state index in [0.717, 1.165) is 25.8 Å². The summed E-state index contributed by atoms with van der Waals surface area (Å²) in [4.78, 5) is 19.7. The number of unbranched alkanes of at least 4 members (excludes halogenated alkanes) is 2. The molecule has 17 heavy (non-hydrogen) atoms.